The molecule has 0 spiro atoms. The number of ether oxygens (including phenoxy) is 2. The highest BCUT2D eigenvalue weighted by molar-refractivity contribution is 5.35. The van der Waals surface area contributed by atoms with Gasteiger partial charge in [0.15, 0.2) is 0 Å². The first-order valence-electron chi connectivity index (χ1n) is 8.91. The monoisotopic (exact) mass is 322 g/mol. The van der Waals surface area contributed by atoms with Crippen LogP contribution in [-0.2, 0) is 22.6 Å². The first-order valence-corrected chi connectivity index (χ1v) is 8.91. The molecule has 1 heterocycles. The van der Waals surface area contributed by atoms with Crippen molar-refractivity contribution < 1.29 is 10.9 Å². The Morgan fingerprint density at radius 2 is 1.83 bits per heavy atom. The molecule has 132 valence electrons. The molecule has 4 heteroatoms. The molecule has 0 saturated carbocycles. The summed E-state index contributed by atoms with van der Waals surface area (Å²) in [7, 11) is 0. The first kappa shape index (κ1) is 18.4. The lowest BCUT2D eigenvalue weighted by Gasteiger charge is -2.14. The van der Waals surface area contributed by atoms with Crippen molar-refractivity contribution in [2.45, 2.75) is 39.8 Å². The number of hydrogen-bond acceptors (Lipinski definition) is 4. The molecule has 0 fully saturated rings. The fourth-order valence-electron chi connectivity index (χ4n) is 2.84. The normalized spacial score (nSPS) is 14.6. The van der Waals surface area contributed by atoms with Crippen LogP contribution < -0.4 is 5.32 Å². The summed E-state index contributed by atoms with van der Waals surface area (Å²) in [6, 6.07) is 6.94. The molecule has 1 aromatic carbocycles. The number of nitrogens with zero attached hydrogens (tertiary/aromatic N) is 1. The summed E-state index contributed by atoms with van der Waals surface area (Å²) in [5.74, 6) is 0.602. The van der Waals surface area contributed by atoms with Gasteiger partial charge in [0, 0.05) is 27.6 Å². The quantitative estimate of drug-likeness (QED) is 0.635. The van der Waals surface area contributed by atoms with E-state index in [0.29, 0.717) is 19.1 Å². The molecule has 2 rings (SSSR count). The zero-order valence-corrected chi connectivity index (χ0v) is 14.9. The predicted molar refractivity (Wildman–Crippen MR) is 96.9 cm³/mol. The second kappa shape index (κ2) is 10.0. The first-order chi connectivity index (χ1) is 11.2. The van der Waals surface area contributed by atoms with Gasteiger partial charge in [-0.15, -0.1) is 0 Å². The van der Waals surface area contributed by atoms with Crippen LogP contribution in [0, 0.1) is 0 Å². The van der Waals surface area contributed by atoms with Crippen LogP contribution in [0.5, 0.6) is 0 Å². The van der Waals surface area contributed by atoms with Gasteiger partial charge in [-0.3, -0.25) is 4.90 Å². The van der Waals surface area contributed by atoms with E-state index in [1.807, 2.05) is 0 Å². The second-order valence-electron chi connectivity index (χ2n) is 6.47. The third-order valence-electron chi connectivity index (χ3n) is 4.28. The lowest BCUT2D eigenvalue weighted by atomic mass is 9.99. The van der Waals surface area contributed by atoms with E-state index in [0.717, 1.165) is 45.9 Å². The summed E-state index contributed by atoms with van der Waals surface area (Å²) in [5, 5.41) is 3.23. The van der Waals surface area contributed by atoms with E-state index in [1.165, 1.54) is 16.7 Å². The smallest absolute Gasteiger partial charge is 0.0701 e. The van der Waals surface area contributed by atoms with Crippen molar-refractivity contribution in [3.8, 4) is 0 Å². The molecule has 0 unspecified atom stereocenters. The van der Waals surface area contributed by atoms with Crippen molar-refractivity contribution in [2.75, 3.05) is 46.1 Å². The third kappa shape index (κ3) is 6.22. The molecule has 4 nitrogen and oxygen atoms in total. The maximum Gasteiger partial charge on any atom is 0.0701 e. The highest BCUT2D eigenvalue weighted by atomic mass is 16.5. The average molecular weight is 322 g/mol. The summed E-state index contributed by atoms with van der Waals surface area (Å²) in [6.07, 6.45) is 0. The van der Waals surface area contributed by atoms with Crippen LogP contribution in [-0.4, -0.2) is 51.0 Å². The number of rotatable bonds is 11. The van der Waals surface area contributed by atoms with Crippen LogP contribution in [0.2, 0.25) is 0 Å². The molecular formula is C19H34N2O2. The van der Waals surface area contributed by atoms with Gasteiger partial charge in [-0.05, 0) is 29.2 Å². The molecule has 0 amide bonds. The van der Waals surface area contributed by atoms with Crippen molar-refractivity contribution in [3.63, 3.8) is 0 Å². The van der Waals surface area contributed by atoms with Gasteiger partial charge in [0.1, 0.15) is 0 Å². The van der Waals surface area contributed by atoms with Gasteiger partial charge < -0.3 is 14.8 Å². The lowest BCUT2D eigenvalue weighted by Crippen LogP contribution is -2.23. The minimum absolute atomic E-state index is 0. The molecule has 1 aliphatic heterocycles. The van der Waals surface area contributed by atoms with Crippen molar-refractivity contribution >= 4 is 0 Å². The van der Waals surface area contributed by atoms with Crippen molar-refractivity contribution in [3.05, 3.63) is 34.9 Å². The Hall–Kier alpha value is -0.940. The van der Waals surface area contributed by atoms with Crippen LogP contribution >= 0.6 is 0 Å². The van der Waals surface area contributed by atoms with Crippen LogP contribution in [0.15, 0.2) is 18.2 Å². The number of nitrogens with one attached hydrogen (secondary N) is 1. The van der Waals surface area contributed by atoms with Gasteiger partial charge in [0.2, 0.25) is 0 Å². The van der Waals surface area contributed by atoms with Gasteiger partial charge in [0.25, 0.3) is 0 Å². The number of fused-ring (bicyclic) bond motifs is 1. The zero-order chi connectivity index (χ0) is 16.5. The molecule has 1 aliphatic rings. The Labute approximate surface area is 142 Å². The zero-order valence-electron chi connectivity index (χ0n) is 14.9. The number of hydrogen-bond donors (Lipinski definition) is 1. The summed E-state index contributed by atoms with van der Waals surface area (Å²) in [5.41, 5.74) is 4.40. The maximum absolute atomic E-state index is 5.68. The van der Waals surface area contributed by atoms with Crippen molar-refractivity contribution in [1.82, 2.24) is 10.2 Å². The van der Waals surface area contributed by atoms with Gasteiger partial charge in [-0.1, -0.05) is 39.0 Å². The lowest BCUT2D eigenvalue weighted by molar-refractivity contribution is 0.0392. The van der Waals surface area contributed by atoms with Gasteiger partial charge >= 0.3 is 0 Å². The minimum Gasteiger partial charge on any atom is -0.378 e. The Kier molecular flexibility index (Phi) is 8.03. The van der Waals surface area contributed by atoms with Crippen LogP contribution in [0.4, 0.5) is 0 Å². The average Bonchev–Trinajstić information content (AvgIpc) is 2.95. The van der Waals surface area contributed by atoms with E-state index in [1.54, 1.807) is 0 Å². The Balaban J connectivity index is 0.00000288. The fourth-order valence-corrected chi connectivity index (χ4v) is 2.84. The molecule has 0 aromatic heterocycles. The van der Waals surface area contributed by atoms with E-state index in [9.17, 15) is 0 Å². The summed E-state index contributed by atoms with van der Waals surface area (Å²) in [6.45, 7) is 14.5. The molecule has 1 N–H and O–H groups in total. The van der Waals surface area contributed by atoms with E-state index < -0.39 is 0 Å². The molecule has 0 saturated heterocycles. The Bertz CT molecular complexity index is 469. The third-order valence-corrected chi connectivity index (χ3v) is 4.28. The molecular weight excluding hydrogens is 288 g/mol. The SMILES string of the molecule is CCNCCOCCOCCN1Cc2ccc(C(C)C)cc2C1.[HH]. The van der Waals surface area contributed by atoms with Crippen molar-refractivity contribution in [2.24, 2.45) is 0 Å². The van der Waals surface area contributed by atoms with Gasteiger partial charge in [-0.25, -0.2) is 0 Å². The van der Waals surface area contributed by atoms with E-state index >= 15 is 0 Å². The standard InChI is InChI=1S/C19H32N2O2.H2/c1-4-20-7-9-22-11-12-23-10-8-21-14-18-6-5-17(16(2)3)13-19(18)15-21;/h5-6,13,16,20H,4,7-12,14-15H2,1-3H3;1H. The van der Waals surface area contributed by atoms with Crippen LogP contribution in [0.1, 0.15) is 44.8 Å². The predicted octanol–water partition coefficient (Wildman–Crippen LogP) is 3.01. The summed E-state index contributed by atoms with van der Waals surface area (Å²) >= 11 is 0. The topological polar surface area (TPSA) is 33.7 Å². The van der Waals surface area contributed by atoms with Gasteiger partial charge in [0.05, 0.1) is 26.4 Å². The van der Waals surface area contributed by atoms with E-state index in [2.05, 4.69) is 49.2 Å². The highest BCUT2D eigenvalue weighted by Crippen LogP contribution is 2.26. The Morgan fingerprint density at radius 1 is 1.09 bits per heavy atom. The second-order valence-corrected chi connectivity index (χ2v) is 6.47. The maximum atomic E-state index is 5.68. The molecule has 0 radical (unpaired) electrons. The molecule has 23 heavy (non-hydrogen) atoms. The molecule has 0 bridgehead atoms. The molecule has 0 aliphatic carbocycles. The van der Waals surface area contributed by atoms with E-state index in [4.69, 9.17) is 9.47 Å². The summed E-state index contributed by atoms with van der Waals surface area (Å²) in [4.78, 5) is 2.46. The minimum atomic E-state index is 0. The van der Waals surface area contributed by atoms with E-state index in [-0.39, 0.29) is 1.43 Å². The molecule has 1 aromatic rings. The van der Waals surface area contributed by atoms with Crippen LogP contribution in [0.25, 0.3) is 0 Å². The fraction of sp³-hybridized carbons (Fsp3) is 0.684. The highest BCUT2D eigenvalue weighted by Gasteiger charge is 2.19. The largest absolute Gasteiger partial charge is 0.378 e. The summed E-state index contributed by atoms with van der Waals surface area (Å²) < 4.78 is 11.2. The number of likely N-dealkylation sites (N-methyl/N-ethyl adjacent to an activating group) is 1. The van der Waals surface area contributed by atoms with Crippen LogP contribution in [0.3, 0.4) is 0 Å². The van der Waals surface area contributed by atoms with Gasteiger partial charge in [-0.2, -0.15) is 0 Å². The molecule has 0 atom stereocenters. The number of benzene rings is 1. The van der Waals surface area contributed by atoms with Crippen molar-refractivity contribution in [1.29, 1.82) is 0 Å². The Morgan fingerprint density at radius 3 is 2.57 bits per heavy atom.